The quantitative estimate of drug-likeness (QED) is 0.718. The fraction of sp³-hybridized carbons (Fsp3) is 0.235. The molecule has 9 nitrogen and oxygen atoms in total. The van der Waals surface area contributed by atoms with Gasteiger partial charge < -0.3 is 24.5 Å². The van der Waals surface area contributed by atoms with Gasteiger partial charge in [-0.25, -0.2) is 4.52 Å². The lowest BCUT2D eigenvalue weighted by atomic mass is 10.2. The fourth-order valence-corrected chi connectivity index (χ4v) is 2.58. The van der Waals surface area contributed by atoms with Crippen molar-refractivity contribution in [3.8, 4) is 17.2 Å². The number of nitrogens with one attached hydrogen (secondary N) is 2. The zero-order valence-electron chi connectivity index (χ0n) is 14.7. The standard InChI is InChI=1S/C17H18N4O5/c1-9-8-21-12(17(23)18-9)7-11(20-21)16(22)19-10-5-13(24-2)15(26-4)14(6-10)25-3/h5-8H,1-4H3,(H,18,23)(H,19,22). The van der Waals surface area contributed by atoms with Gasteiger partial charge in [0.2, 0.25) is 5.75 Å². The van der Waals surface area contributed by atoms with Gasteiger partial charge in [-0.05, 0) is 6.92 Å². The molecule has 9 heteroatoms. The molecule has 0 fully saturated rings. The molecule has 0 saturated heterocycles. The maximum Gasteiger partial charge on any atom is 0.276 e. The van der Waals surface area contributed by atoms with Crippen molar-refractivity contribution in [3.63, 3.8) is 0 Å². The molecule has 0 aliphatic heterocycles. The number of aromatic amines is 1. The Kier molecular flexibility index (Phi) is 4.53. The highest BCUT2D eigenvalue weighted by Gasteiger charge is 2.17. The van der Waals surface area contributed by atoms with Crippen LogP contribution in [0.1, 0.15) is 16.2 Å². The van der Waals surface area contributed by atoms with Gasteiger partial charge in [0.15, 0.2) is 17.2 Å². The van der Waals surface area contributed by atoms with Crippen LogP contribution in [-0.4, -0.2) is 41.8 Å². The minimum atomic E-state index is -0.472. The number of carbonyl (C=O) groups is 1. The third-order valence-electron chi connectivity index (χ3n) is 3.75. The van der Waals surface area contributed by atoms with Crippen LogP contribution in [-0.2, 0) is 0 Å². The highest BCUT2D eigenvalue weighted by atomic mass is 16.5. The molecule has 0 aliphatic rings. The molecular formula is C17H18N4O5. The summed E-state index contributed by atoms with van der Waals surface area (Å²) in [4.78, 5) is 27.1. The van der Waals surface area contributed by atoms with Crippen LogP contribution in [0.5, 0.6) is 17.2 Å². The molecule has 3 rings (SSSR count). The Hall–Kier alpha value is -3.49. The smallest absolute Gasteiger partial charge is 0.276 e. The van der Waals surface area contributed by atoms with Crippen LogP contribution in [0.4, 0.5) is 5.69 Å². The van der Waals surface area contributed by atoms with Crippen molar-refractivity contribution in [1.82, 2.24) is 14.6 Å². The molecule has 136 valence electrons. The van der Waals surface area contributed by atoms with E-state index in [1.54, 1.807) is 25.3 Å². The highest BCUT2D eigenvalue weighted by Crippen LogP contribution is 2.39. The van der Waals surface area contributed by atoms with Gasteiger partial charge >= 0.3 is 0 Å². The second-order valence-corrected chi connectivity index (χ2v) is 5.49. The van der Waals surface area contributed by atoms with Crippen molar-refractivity contribution in [2.24, 2.45) is 0 Å². The molecule has 1 aromatic carbocycles. The number of ether oxygens (including phenoxy) is 3. The van der Waals surface area contributed by atoms with E-state index < -0.39 is 5.91 Å². The largest absolute Gasteiger partial charge is 0.493 e. The maximum atomic E-state index is 12.5. The van der Waals surface area contributed by atoms with Gasteiger partial charge in [-0.2, -0.15) is 5.10 Å². The minimum absolute atomic E-state index is 0.106. The van der Waals surface area contributed by atoms with Crippen LogP contribution >= 0.6 is 0 Å². The summed E-state index contributed by atoms with van der Waals surface area (Å²) >= 11 is 0. The zero-order valence-corrected chi connectivity index (χ0v) is 14.7. The Labute approximate surface area is 148 Å². The monoisotopic (exact) mass is 358 g/mol. The summed E-state index contributed by atoms with van der Waals surface area (Å²) in [6, 6.07) is 4.63. The summed E-state index contributed by atoms with van der Waals surface area (Å²) in [7, 11) is 4.47. The number of amides is 1. The van der Waals surface area contributed by atoms with Gasteiger partial charge in [0.05, 0.1) is 21.3 Å². The molecule has 0 spiro atoms. The summed E-state index contributed by atoms with van der Waals surface area (Å²) in [5, 5.41) is 6.86. The molecule has 0 saturated carbocycles. The van der Waals surface area contributed by atoms with Crippen molar-refractivity contribution >= 4 is 17.1 Å². The molecule has 0 atom stereocenters. The van der Waals surface area contributed by atoms with E-state index in [9.17, 15) is 9.59 Å². The van der Waals surface area contributed by atoms with Gasteiger partial charge in [0, 0.05) is 35.8 Å². The summed E-state index contributed by atoms with van der Waals surface area (Å²) in [5.74, 6) is 0.760. The molecule has 2 heterocycles. The van der Waals surface area contributed by atoms with Crippen LogP contribution in [0.15, 0.2) is 29.2 Å². The van der Waals surface area contributed by atoms with E-state index in [1.807, 2.05) is 0 Å². The summed E-state index contributed by atoms with van der Waals surface area (Å²) in [6.45, 7) is 1.73. The summed E-state index contributed by atoms with van der Waals surface area (Å²) in [6.07, 6.45) is 1.63. The molecule has 2 aromatic heterocycles. The summed E-state index contributed by atoms with van der Waals surface area (Å²) in [5.41, 5.74) is 1.15. The third-order valence-corrected chi connectivity index (χ3v) is 3.75. The molecule has 3 aromatic rings. The topological polar surface area (TPSA) is 107 Å². The average Bonchev–Trinajstić information content (AvgIpc) is 3.05. The van der Waals surface area contributed by atoms with Crippen molar-refractivity contribution in [2.75, 3.05) is 26.6 Å². The molecule has 0 radical (unpaired) electrons. The lowest BCUT2D eigenvalue weighted by Crippen LogP contribution is -2.13. The number of methoxy groups -OCH3 is 3. The highest BCUT2D eigenvalue weighted by molar-refractivity contribution is 6.03. The molecule has 0 unspecified atom stereocenters. The van der Waals surface area contributed by atoms with Crippen molar-refractivity contribution in [2.45, 2.75) is 6.92 Å². The second kappa shape index (κ2) is 6.79. The van der Waals surface area contributed by atoms with E-state index in [0.717, 1.165) is 0 Å². The SMILES string of the molecule is COc1cc(NC(=O)c2cc3c(=O)[nH]c(C)cn3n2)cc(OC)c1OC. The minimum Gasteiger partial charge on any atom is -0.493 e. The number of aryl methyl sites for hydroxylation is 1. The number of fused-ring (bicyclic) bond motifs is 1. The second-order valence-electron chi connectivity index (χ2n) is 5.49. The first-order valence-corrected chi connectivity index (χ1v) is 7.67. The lowest BCUT2D eigenvalue weighted by Gasteiger charge is -2.14. The van der Waals surface area contributed by atoms with Crippen LogP contribution in [0, 0.1) is 6.92 Å². The fourth-order valence-electron chi connectivity index (χ4n) is 2.58. The van der Waals surface area contributed by atoms with E-state index in [2.05, 4.69) is 15.4 Å². The summed E-state index contributed by atoms with van der Waals surface area (Å²) < 4.78 is 17.1. The predicted molar refractivity (Wildman–Crippen MR) is 94.6 cm³/mol. The molecular weight excluding hydrogens is 340 g/mol. The number of carbonyl (C=O) groups excluding carboxylic acids is 1. The van der Waals surface area contributed by atoms with E-state index >= 15 is 0 Å². The number of nitrogens with zero attached hydrogens (tertiary/aromatic N) is 2. The van der Waals surface area contributed by atoms with Crippen LogP contribution in [0.3, 0.4) is 0 Å². The Morgan fingerprint density at radius 3 is 2.35 bits per heavy atom. The normalized spacial score (nSPS) is 10.6. The van der Waals surface area contributed by atoms with E-state index in [0.29, 0.717) is 28.6 Å². The number of hydrogen-bond acceptors (Lipinski definition) is 6. The Bertz CT molecular complexity index is 1010. The Morgan fingerprint density at radius 2 is 1.77 bits per heavy atom. The third kappa shape index (κ3) is 3.06. The van der Waals surface area contributed by atoms with Crippen molar-refractivity contribution in [3.05, 3.63) is 46.1 Å². The van der Waals surface area contributed by atoms with E-state index in [4.69, 9.17) is 14.2 Å². The molecule has 0 bridgehead atoms. The van der Waals surface area contributed by atoms with Gasteiger partial charge in [-0.1, -0.05) is 0 Å². The number of rotatable bonds is 5. The number of H-pyrrole nitrogens is 1. The Morgan fingerprint density at radius 1 is 1.12 bits per heavy atom. The molecule has 0 aliphatic carbocycles. The lowest BCUT2D eigenvalue weighted by molar-refractivity contribution is 0.102. The predicted octanol–water partition coefficient (Wildman–Crippen LogP) is 1.61. The van der Waals surface area contributed by atoms with Crippen LogP contribution in [0.25, 0.3) is 5.52 Å². The first-order chi connectivity index (χ1) is 12.5. The van der Waals surface area contributed by atoms with Crippen molar-refractivity contribution < 1.29 is 19.0 Å². The molecule has 2 N–H and O–H groups in total. The maximum absolute atomic E-state index is 12.5. The Balaban J connectivity index is 1.95. The first kappa shape index (κ1) is 17.3. The number of anilines is 1. The van der Waals surface area contributed by atoms with E-state index in [-0.39, 0.29) is 16.8 Å². The molecule has 1 amide bonds. The van der Waals surface area contributed by atoms with Gasteiger partial charge in [-0.15, -0.1) is 0 Å². The molecule has 26 heavy (non-hydrogen) atoms. The average molecular weight is 358 g/mol. The van der Waals surface area contributed by atoms with Gasteiger partial charge in [-0.3, -0.25) is 9.59 Å². The zero-order chi connectivity index (χ0) is 18.8. The van der Waals surface area contributed by atoms with Crippen LogP contribution in [0.2, 0.25) is 0 Å². The van der Waals surface area contributed by atoms with Crippen LogP contribution < -0.4 is 25.1 Å². The number of aromatic nitrogens is 3. The first-order valence-electron chi connectivity index (χ1n) is 7.67. The van der Waals surface area contributed by atoms with Gasteiger partial charge in [0.1, 0.15) is 5.52 Å². The van der Waals surface area contributed by atoms with E-state index in [1.165, 1.54) is 31.9 Å². The number of benzene rings is 1. The number of hydrogen-bond donors (Lipinski definition) is 2. The van der Waals surface area contributed by atoms with Crippen molar-refractivity contribution in [1.29, 1.82) is 0 Å². The van der Waals surface area contributed by atoms with Gasteiger partial charge in [0.25, 0.3) is 11.5 Å².